The first-order valence-corrected chi connectivity index (χ1v) is 5.50. The normalized spacial score (nSPS) is 12.8. The predicted octanol–water partition coefficient (Wildman–Crippen LogP) is -7.55. The largest absolute Gasteiger partial charge is 1.00 e. The minimum atomic E-state index is -0.820. The Morgan fingerprint density at radius 1 is 1.33 bits per heavy atom. The van der Waals surface area contributed by atoms with Crippen LogP contribution in [0.5, 0.6) is 0 Å². The number of quaternary nitrogens is 2. The molecule has 0 fully saturated rings. The standard InChI is InChI=1S/C12H18N2O2.2ClH/c1-14(9-11(13)12(15)16)8-7-10-5-3-2-4-6-10;;/h2-6,11H,7-9,13H2,1H3,(H,15,16);2*1H. The Hall–Kier alpha value is -0.810. The third kappa shape index (κ3) is 7.50. The molecule has 0 aromatic heterocycles. The van der Waals surface area contributed by atoms with E-state index in [9.17, 15) is 4.79 Å². The number of carboxylic acids is 1. The van der Waals surface area contributed by atoms with E-state index in [-0.39, 0.29) is 24.8 Å². The van der Waals surface area contributed by atoms with Crippen LogP contribution in [0.25, 0.3) is 0 Å². The Kier molecular flexibility index (Phi) is 11.0. The van der Waals surface area contributed by atoms with Gasteiger partial charge >= 0.3 is 5.97 Å². The van der Waals surface area contributed by atoms with E-state index in [0.29, 0.717) is 6.54 Å². The fraction of sp³-hybridized carbons (Fsp3) is 0.417. The molecule has 1 aromatic rings. The zero-order valence-corrected chi connectivity index (χ0v) is 11.9. The summed E-state index contributed by atoms with van der Waals surface area (Å²) in [6, 6.07) is 9.70. The molecule has 0 aliphatic carbocycles. The number of hydrogen-bond acceptors (Lipinski definition) is 1. The molecule has 0 heterocycles. The SMILES string of the molecule is C[NH+](CCc1ccccc1)CC([NH3+])C(=O)O.[Cl-].[Cl-]. The van der Waals surface area contributed by atoms with E-state index in [1.807, 2.05) is 25.2 Å². The Bertz CT molecular complexity index is 336. The van der Waals surface area contributed by atoms with Crippen molar-refractivity contribution >= 4 is 5.97 Å². The van der Waals surface area contributed by atoms with Crippen molar-refractivity contribution in [1.82, 2.24) is 0 Å². The minimum Gasteiger partial charge on any atom is -1.00 e. The monoisotopic (exact) mass is 294 g/mol. The zero-order chi connectivity index (χ0) is 12.0. The van der Waals surface area contributed by atoms with Gasteiger partial charge in [-0.05, 0) is 5.56 Å². The summed E-state index contributed by atoms with van der Waals surface area (Å²) < 4.78 is 0. The van der Waals surface area contributed by atoms with Crippen molar-refractivity contribution in [2.45, 2.75) is 12.5 Å². The second-order valence-corrected chi connectivity index (χ2v) is 4.18. The number of aliphatic carboxylic acids is 1. The molecule has 0 aliphatic heterocycles. The highest BCUT2D eigenvalue weighted by atomic mass is 35.5. The topological polar surface area (TPSA) is 69.4 Å². The molecule has 0 amide bonds. The van der Waals surface area contributed by atoms with Gasteiger partial charge in [-0.15, -0.1) is 0 Å². The predicted molar refractivity (Wildman–Crippen MR) is 61.1 cm³/mol. The van der Waals surface area contributed by atoms with Gasteiger partial charge in [-0.1, -0.05) is 30.3 Å². The van der Waals surface area contributed by atoms with Crippen LogP contribution in [0.3, 0.4) is 0 Å². The molecule has 0 bridgehead atoms. The highest BCUT2D eigenvalue weighted by Crippen LogP contribution is 1.97. The molecular weight excluding hydrogens is 275 g/mol. The average Bonchev–Trinajstić information content (AvgIpc) is 2.27. The molecule has 0 spiro atoms. The molecule has 0 radical (unpaired) electrons. The van der Waals surface area contributed by atoms with Crippen LogP contribution in [0.15, 0.2) is 30.3 Å². The first-order chi connectivity index (χ1) is 7.59. The molecule has 0 saturated carbocycles. The van der Waals surface area contributed by atoms with Gasteiger partial charge in [-0.3, -0.25) is 0 Å². The summed E-state index contributed by atoms with van der Waals surface area (Å²) in [6.45, 7) is 1.51. The third-order valence-corrected chi connectivity index (χ3v) is 2.63. The summed E-state index contributed by atoms with van der Waals surface area (Å²) in [5, 5.41) is 8.74. The van der Waals surface area contributed by atoms with Crippen molar-refractivity contribution in [3.05, 3.63) is 35.9 Å². The second kappa shape index (κ2) is 10.1. The van der Waals surface area contributed by atoms with Crippen LogP contribution in [-0.4, -0.2) is 37.3 Å². The number of benzene rings is 1. The summed E-state index contributed by atoms with van der Waals surface area (Å²) in [7, 11) is 2.00. The number of likely N-dealkylation sites (N-methyl/N-ethyl adjacent to an activating group) is 1. The summed E-state index contributed by atoms with van der Waals surface area (Å²) in [4.78, 5) is 11.8. The molecule has 2 atom stereocenters. The fourth-order valence-electron chi connectivity index (χ4n) is 1.61. The first-order valence-electron chi connectivity index (χ1n) is 5.50. The lowest BCUT2D eigenvalue weighted by Gasteiger charge is -2.14. The Balaban J connectivity index is 0. The Morgan fingerprint density at radius 2 is 1.89 bits per heavy atom. The van der Waals surface area contributed by atoms with Gasteiger partial charge in [0.2, 0.25) is 6.04 Å². The van der Waals surface area contributed by atoms with Gasteiger partial charge in [0.1, 0.15) is 6.54 Å². The number of carbonyl (C=O) groups is 1. The van der Waals surface area contributed by atoms with Crippen molar-refractivity contribution < 1.29 is 45.3 Å². The lowest BCUT2D eigenvalue weighted by molar-refractivity contribution is -0.887. The van der Waals surface area contributed by atoms with E-state index in [4.69, 9.17) is 5.11 Å². The van der Waals surface area contributed by atoms with E-state index in [1.54, 1.807) is 0 Å². The van der Waals surface area contributed by atoms with Crippen molar-refractivity contribution in [2.24, 2.45) is 0 Å². The van der Waals surface area contributed by atoms with Gasteiger partial charge in [0.15, 0.2) is 0 Å². The van der Waals surface area contributed by atoms with Crippen LogP contribution in [0.4, 0.5) is 0 Å². The maximum Gasteiger partial charge on any atom is 0.368 e. The number of rotatable bonds is 6. The molecule has 0 aliphatic rings. The van der Waals surface area contributed by atoms with Crippen LogP contribution < -0.4 is 35.4 Å². The van der Waals surface area contributed by atoms with Crippen molar-refractivity contribution in [1.29, 1.82) is 0 Å². The molecule has 18 heavy (non-hydrogen) atoms. The zero-order valence-electron chi connectivity index (χ0n) is 10.4. The van der Waals surface area contributed by atoms with Gasteiger partial charge in [0, 0.05) is 6.42 Å². The number of halogens is 2. The van der Waals surface area contributed by atoms with E-state index >= 15 is 0 Å². The van der Waals surface area contributed by atoms with Crippen LogP contribution in [-0.2, 0) is 11.2 Å². The number of carboxylic acid groups (broad SMARTS) is 1. The molecule has 1 rings (SSSR count). The smallest absolute Gasteiger partial charge is 0.368 e. The highest BCUT2D eigenvalue weighted by Gasteiger charge is 2.20. The highest BCUT2D eigenvalue weighted by molar-refractivity contribution is 5.71. The van der Waals surface area contributed by atoms with Crippen LogP contribution in [0, 0.1) is 0 Å². The molecule has 104 valence electrons. The van der Waals surface area contributed by atoms with Crippen LogP contribution in [0.1, 0.15) is 5.56 Å². The molecule has 2 unspecified atom stereocenters. The number of nitrogens with one attached hydrogen (secondary N) is 1. The molecule has 4 nitrogen and oxygen atoms in total. The number of hydrogen-bond donors (Lipinski definition) is 3. The lowest BCUT2D eigenvalue weighted by Crippen LogP contribution is -3.12. The fourth-order valence-corrected chi connectivity index (χ4v) is 1.61. The van der Waals surface area contributed by atoms with E-state index in [1.165, 1.54) is 10.5 Å². The maximum absolute atomic E-state index is 10.6. The van der Waals surface area contributed by atoms with Crippen molar-refractivity contribution in [3.8, 4) is 0 Å². The van der Waals surface area contributed by atoms with Crippen LogP contribution >= 0.6 is 0 Å². The van der Waals surface area contributed by atoms with Crippen molar-refractivity contribution in [2.75, 3.05) is 20.1 Å². The molecule has 5 N–H and O–H groups in total. The first kappa shape index (κ1) is 19.5. The third-order valence-electron chi connectivity index (χ3n) is 2.63. The molecule has 1 aromatic carbocycles. The van der Waals surface area contributed by atoms with E-state index < -0.39 is 12.0 Å². The van der Waals surface area contributed by atoms with Gasteiger partial charge in [0.05, 0.1) is 13.6 Å². The van der Waals surface area contributed by atoms with Gasteiger partial charge in [-0.25, -0.2) is 4.79 Å². The van der Waals surface area contributed by atoms with E-state index in [0.717, 1.165) is 13.0 Å². The van der Waals surface area contributed by atoms with Gasteiger partial charge in [0.25, 0.3) is 0 Å². The average molecular weight is 295 g/mol. The maximum atomic E-state index is 10.6. The molecular formula is C12H20Cl2N2O2. The summed E-state index contributed by atoms with van der Waals surface area (Å²) in [6.07, 6.45) is 0.971. The summed E-state index contributed by atoms with van der Waals surface area (Å²) >= 11 is 0. The van der Waals surface area contributed by atoms with Gasteiger partial charge in [-0.2, -0.15) is 0 Å². The van der Waals surface area contributed by atoms with E-state index in [2.05, 4.69) is 17.9 Å². The lowest BCUT2D eigenvalue weighted by atomic mass is 10.1. The van der Waals surface area contributed by atoms with Gasteiger partial charge < -0.3 is 40.6 Å². The van der Waals surface area contributed by atoms with Crippen LogP contribution in [0.2, 0.25) is 0 Å². The van der Waals surface area contributed by atoms with Crippen molar-refractivity contribution in [3.63, 3.8) is 0 Å². The second-order valence-electron chi connectivity index (χ2n) is 4.18. The quantitative estimate of drug-likeness (QED) is 0.488. The molecule has 0 saturated heterocycles. The minimum absolute atomic E-state index is 0. The Labute approximate surface area is 120 Å². The summed E-state index contributed by atoms with van der Waals surface area (Å²) in [5.74, 6) is -0.820. The summed E-state index contributed by atoms with van der Waals surface area (Å²) in [5.41, 5.74) is 4.90. The molecule has 6 heteroatoms. The Morgan fingerprint density at radius 3 is 2.39 bits per heavy atom.